The standard InChI is InChI=1S/C5H7N3O3/c9-2-1-8-4(10)3-6-7-5(8)11/h3,9H,1-2H2,(H,7,11). The third-order valence-corrected chi connectivity index (χ3v) is 1.17. The Morgan fingerprint density at radius 3 is 2.91 bits per heavy atom. The monoisotopic (exact) mass is 157 g/mol. The summed E-state index contributed by atoms with van der Waals surface area (Å²) in [6.45, 7) is -0.246. The lowest BCUT2D eigenvalue weighted by molar-refractivity contribution is 0.271. The molecule has 0 radical (unpaired) electrons. The second-order valence-electron chi connectivity index (χ2n) is 1.89. The summed E-state index contributed by atoms with van der Waals surface area (Å²) in [6.07, 6.45) is 0.983. The first-order valence-electron chi connectivity index (χ1n) is 3.01. The van der Waals surface area contributed by atoms with Crippen LogP contribution in [-0.2, 0) is 6.54 Å². The number of aromatic amines is 1. The van der Waals surface area contributed by atoms with Crippen molar-refractivity contribution in [1.29, 1.82) is 0 Å². The maximum atomic E-state index is 10.8. The molecule has 0 bridgehead atoms. The molecule has 0 aliphatic rings. The second-order valence-corrected chi connectivity index (χ2v) is 1.89. The lowest BCUT2D eigenvalue weighted by atomic mass is 10.6. The van der Waals surface area contributed by atoms with Crippen molar-refractivity contribution in [2.45, 2.75) is 6.54 Å². The summed E-state index contributed by atoms with van der Waals surface area (Å²) in [7, 11) is 0. The van der Waals surface area contributed by atoms with Crippen LogP contribution < -0.4 is 11.2 Å². The Morgan fingerprint density at radius 2 is 2.36 bits per heavy atom. The minimum Gasteiger partial charge on any atom is -0.395 e. The van der Waals surface area contributed by atoms with E-state index in [0.717, 1.165) is 10.8 Å². The first-order valence-corrected chi connectivity index (χ1v) is 3.01. The molecule has 0 aliphatic carbocycles. The second kappa shape index (κ2) is 3.11. The van der Waals surface area contributed by atoms with Crippen molar-refractivity contribution in [2.24, 2.45) is 0 Å². The van der Waals surface area contributed by atoms with Crippen LogP contribution in [0.3, 0.4) is 0 Å². The molecule has 0 spiro atoms. The zero-order valence-electron chi connectivity index (χ0n) is 5.65. The van der Waals surface area contributed by atoms with E-state index < -0.39 is 11.2 Å². The van der Waals surface area contributed by atoms with Gasteiger partial charge in [-0.25, -0.2) is 9.89 Å². The summed E-state index contributed by atoms with van der Waals surface area (Å²) in [5, 5.41) is 13.8. The van der Waals surface area contributed by atoms with E-state index in [4.69, 9.17) is 5.11 Å². The summed E-state index contributed by atoms with van der Waals surface area (Å²) in [5.74, 6) is 0. The van der Waals surface area contributed by atoms with Crippen LogP contribution in [0, 0.1) is 0 Å². The molecular weight excluding hydrogens is 150 g/mol. The van der Waals surface area contributed by atoms with Gasteiger partial charge in [-0.3, -0.25) is 9.36 Å². The molecule has 0 amide bonds. The van der Waals surface area contributed by atoms with Crippen molar-refractivity contribution < 1.29 is 5.11 Å². The zero-order valence-corrected chi connectivity index (χ0v) is 5.65. The Hall–Kier alpha value is -1.43. The van der Waals surface area contributed by atoms with Crippen LogP contribution in [0.15, 0.2) is 15.8 Å². The molecule has 6 nitrogen and oxygen atoms in total. The summed E-state index contributed by atoms with van der Waals surface area (Å²) < 4.78 is 0.868. The first-order chi connectivity index (χ1) is 5.25. The third-order valence-electron chi connectivity index (χ3n) is 1.17. The van der Waals surface area contributed by atoms with Crippen molar-refractivity contribution >= 4 is 0 Å². The molecular formula is C5H7N3O3. The molecule has 1 heterocycles. The van der Waals surface area contributed by atoms with Crippen molar-refractivity contribution in [3.8, 4) is 0 Å². The number of nitrogens with one attached hydrogen (secondary N) is 1. The number of rotatable bonds is 2. The summed E-state index contributed by atoms with van der Waals surface area (Å²) in [6, 6.07) is 0. The number of aliphatic hydroxyl groups is 1. The van der Waals surface area contributed by atoms with Gasteiger partial charge in [0.05, 0.1) is 13.2 Å². The van der Waals surface area contributed by atoms with E-state index in [9.17, 15) is 9.59 Å². The number of hydrogen-bond donors (Lipinski definition) is 2. The van der Waals surface area contributed by atoms with E-state index >= 15 is 0 Å². The number of nitrogens with zero attached hydrogens (tertiary/aromatic N) is 2. The molecule has 1 aromatic heterocycles. The normalized spacial score (nSPS) is 9.91. The number of aliphatic hydroxyl groups excluding tert-OH is 1. The molecule has 60 valence electrons. The molecule has 0 atom stereocenters. The topological polar surface area (TPSA) is 88.0 Å². The molecule has 0 saturated heterocycles. The predicted molar refractivity (Wildman–Crippen MR) is 36.2 cm³/mol. The van der Waals surface area contributed by atoms with Gasteiger partial charge in [-0.05, 0) is 0 Å². The SMILES string of the molecule is O=c1cn[nH]c(=O)n1CCO. The Kier molecular flexibility index (Phi) is 2.17. The Morgan fingerprint density at radius 1 is 1.64 bits per heavy atom. The summed E-state index contributed by atoms with van der Waals surface area (Å²) >= 11 is 0. The van der Waals surface area contributed by atoms with Crippen molar-refractivity contribution in [2.75, 3.05) is 6.61 Å². The molecule has 1 rings (SSSR count). The van der Waals surface area contributed by atoms with Crippen LogP contribution in [0.1, 0.15) is 0 Å². The quantitative estimate of drug-likeness (QED) is 0.516. The molecule has 1 aromatic rings. The largest absolute Gasteiger partial charge is 0.395 e. The Labute approximate surface area is 61.1 Å². The molecule has 0 saturated carbocycles. The average molecular weight is 157 g/mol. The highest BCUT2D eigenvalue weighted by Gasteiger charge is 1.97. The van der Waals surface area contributed by atoms with Gasteiger partial charge in [0.15, 0.2) is 0 Å². The van der Waals surface area contributed by atoms with E-state index in [1.165, 1.54) is 0 Å². The van der Waals surface area contributed by atoms with Crippen LogP contribution in [0.4, 0.5) is 0 Å². The van der Waals surface area contributed by atoms with Crippen LogP contribution in [-0.4, -0.2) is 26.5 Å². The van der Waals surface area contributed by atoms with Crippen molar-refractivity contribution in [3.63, 3.8) is 0 Å². The van der Waals surface area contributed by atoms with Crippen LogP contribution in [0.5, 0.6) is 0 Å². The molecule has 0 aliphatic heterocycles. The van der Waals surface area contributed by atoms with Gasteiger partial charge in [-0.15, -0.1) is 0 Å². The van der Waals surface area contributed by atoms with Crippen LogP contribution >= 0.6 is 0 Å². The van der Waals surface area contributed by atoms with Gasteiger partial charge < -0.3 is 5.11 Å². The van der Waals surface area contributed by atoms with Gasteiger partial charge >= 0.3 is 5.69 Å². The maximum Gasteiger partial charge on any atom is 0.344 e. The van der Waals surface area contributed by atoms with Crippen molar-refractivity contribution in [1.82, 2.24) is 14.8 Å². The fourth-order valence-corrected chi connectivity index (χ4v) is 0.685. The third kappa shape index (κ3) is 1.53. The minimum absolute atomic E-state index is 0.00329. The highest BCUT2D eigenvalue weighted by Crippen LogP contribution is 1.65. The molecule has 11 heavy (non-hydrogen) atoms. The van der Waals surface area contributed by atoms with Gasteiger partial charge in [0.2, 0.25) is 0 Å². The van der Waals surface area contributed by atoms with E-state index in [2.05, 4.69) is 10.2 Å². The Balaban J connectivity index is 3.22. The van der Waals surface area contributed by atoms with Gasteiger partial charge in [0, 0.05) is 0 Å². The highest BCUT2D eigenvalue weighted by atomic mass is 16.3. The zero-order chi connectivity index (χ0) is 8.27. The number of H-pyrrole nitrogens is 1. The minimum atomic E-state index is -0.605. The van der Waals surface area contributed by atoms with E-state index in [-0.39, 0.29) is 13.2 Å². The smallest absolute Gasteiger partial charge is 0.344 e. The fraction of sp³-hybridized carbons (Fsp3) is 0.400. The van der Waals surface area contributed by atoms with E-state index in [1.807, 2.05) is 0 Å². The molecule has 0 aromatic carbocycles. The molecule has 6 heteroatoms. The Bertz CT molecular complexity index is 311. The van der Waals surface area contributed by atoms with Crippen molar-refractivity contribution in [3.05, 3.63) is 27.0 Å². The molecule has 0 unspecified atom stereocenters. The lowest BCUT2D eigenvalue weighted by Gasteiger charge is -1.97. The highest BCUT2D eigenvalue weighted by molar-refractivity contribution is 4.72. The summed E-state index contributed by atoms with van der Waals surface area (Å²) in [4.78, 5) is 21.6. The van der Waals surface area contributed by atoms with E-state index in [0.29, 0.717) is 0 Å². The number of aromatic nitrogens is 3. The predicted octanol–water partition coefficient (Wildman–Crippen LogP) is -2.08. The van der Waals surface area contributed by atoms with Crippen LogP contribution in [0.2, 0.25) is 0 Å². The van der Waals surface area contributed by atoms with Crippen LogP contribution in [0.25, 0.3) is 0 Å². The first kappa shape index (κ1) is 7.67. The van der Waals surface area contributed by atoms with Gasteiger partial charge in [-0.1, -0.05) is 0 Å². The lowest BCUT2D eigenvalue weighted by Crippen LogP contribution is -2.36. The van der Waals surface area contributed by atoms with E-state index in [1.54, 1.807) is 0 Å². The average Bonchev–Trinajstić information content (AvgIpc) is 1.97. The van der Waals surface area contributed by atoms with Gasteiger partial charge in [0.1, 0.15) is 6.20 Å². The summed E-state index contributed by atoms with van der Waals surface area (Å²) in [5.41, 5.74) is -1.12. The van der Waals surface area contributed by atoms with Gasteiger partial charge in [-0.2, -0.15) is 5.10 Å². The molecule has 0 fully saturated rings. The van der Waals surface area contributed by atoms with Gasteiger partial charge in [0.25, 0.3) is 5.56 Å². The fourth-order valence-electron chi connectivity index (χ4n) is 0.685. The number of hydrogen-bond acceptors (Lipinski definition) is 4. The molecule has 2 N–H and O–H groups in total. The maximum absolute atomic E-state index is 10.8.